The molecule has 0 radical (unpaired) electrons. The van der Waals surface area contributed by atoms with Gasteiger partial charge in [0.05, 0.1) is 17.3 Å². The number of rotatable bonds is 7. The molecule has 22 heavy (non-hydrogen) atoms. The third-order valence-corrected chi connectivity index (χ3v) is 5.43. The van der Waals surface area contributed by atoms with Crippen LogP contribution < -0.4 is 10.2 Å². The minimum absolute atomic E-state index is 0.124. The summed E-state index contributed by atoms with van der Waals surface area (Å²) in [6.07, 6.45) is 1.96. The molecule has 0 saturated carbocycles. The van der Waals surface area contributed by atoms with Crippen LogP contribution in [0.1, 0.15) is 44.7 Å². The summed E-state index contributed by atoms with van der Waals surface area (Å²) in [7, 11) is 2.06. The second kappa shape index (κ2) is 7.70. The van der Waals surface area contributed by atoms with Crippen molar-refractivity contribution in [2.24, 2.45) is 0 Å². The van der Waals surface area contributed by atoms with Crippen LogP contribution in [0.4, 0.5) is 0 Å². The predicted octanol–water partition coefficient (Wildman–Crippen LogP) is 2.18. The molecule has 1 aromatic heterocycles. The van der Waals surface area contributed by atoms with E-state index in [4.69, 9.17) is 4.98 Å². The van der Waals surface area contributed by atoms with Crippen molar-refractivity contribution in [2.75, 3.05) is 13.6 Å². The van der Waals surface area contributed by atoms with Gasteiger partial charge < -0.3 is 10.2 Å². The summed E-state index contributed by atoms with van der Waals surface area (Å²) in [6, 6.07) is 8.68. The zero-order chi connectivity index (χ0) is 16.1. The lowest BCUT2D eigenvalue weighted by Crippen LogP contribution is -3.10. The fourth-order valence-corrected chi connectivity index (χ4v) is 3.58. The third-order valence-electron chi connectivity index (χ3n) is 4.21. The predicted molar refractivity (Wildman–Crippen MR) is 92.3 cm³/mol. The number of likely N-dealkylation sites (N-methyl/N-ethyl adjacent to an activating group) is 1. The molecule has 0 bridgehead atoms. The van der Waals surface area contributed by atoms with Crippen molar-refractivity contribution in [3.05, 3.63) is 29.3 Å². The molecule has 2 rings (SSSR count). The van der Waals surface area contributed by atoms with Crippen LogP contribution in [0, 0.1) is 0 Å². The molecule has 0 spiro atoms. The first-order chi connectivity index (χ1) is 10.5. The Morgan fingerprint density at radius 3 is 2.64 bits per heavy atom. The molecule has 2 atom stereocenters. The molecule has 0 saturated heterocycles. The van der Waals surface area contributed by atoms with Gasteiger partial charge in [0.15, 0.2) is 11.6 Å². The molecule has 4 nitrogen and oxygen atoms in total. The number of carbonyl (C=O) groups is 1. The number of hydrogen-bond donors (Lipinski definition) is 2. The number of carbonyl (C=O) groups excluding carboxylic acids is 1. The molecule has 0 aliphatic heterocycles. The molecule has 1 unspecified atom stereocenters. The second-order valence-corrected chi connectivity index (χ2v) is 6.91. The van der Waals surface area contributed by atoms with Crippen LogP contribution in [0.25, 0.3) is 10.2 Å². The van der Waals surface area contributed by atoms with Crippen molar-refractivity contribution in [3.8, 4) is 0 Å². The van der Waals surface area contributed by atoms with Crippen molar-refractivity contribution >= 4 is 27.5 Å². The van der Waals surface area contributed by atoms with Crippen LogP contribution in [-0.2, 0) is 4.79 Å². The van der Waals surface area contributed by atoms with Gasteiger partial charge in [-0.05, 0) is 31.9 Å². The molecule has 0 aliphatic rings. The van der Waals surface area contributed by atoms with Gasteiger partial charge in [0.1, 0.15) is 6.04 Å². The van der Waals surface area contributed by atoms with Gasteiger partial charge in [0.2, 0.25) is 0 Å². The molecule has 0 aliphatic carbocycles. The van der Waals surface area contributed by atoms with Gasteiger partial charge in [-0.25, -0.2) is 4.98 Å². The molecule has 2 N–H and O–H groups in total. The second-order valence-electron chi connectivity index (χ2n) is 5.85. The number of aromatic nitrogens is 1. The summed E-state index contributed by atoms with van der Waals surface area (Å²) < 4.78 is 1.21. The number of benzene rings is 1. The standard InChI is InChI=1S/C17H25N3OS/c1-5-13(6-2)18-16(21)11-20(4)12(3)17-19-14-9-7-8-10-15(14)22-17/h7-10,12-13H,5-6,11H2,1-4H3,(H,18,21)/p+1/t12-/m0/s1. The number of hydrogen-bond acceptors (Lipinski definition) is 3. The smallest absolute Gasteiger partial charge is 0.275 e. The maximum absolute atomic E-state index is 12.1. The van der Waals surface area contributed by atoms with Gasteiger partial charge in [-0.1, -0.05) is 26.0 Å². The van der Waals surface area contributed by atoms with Crippen LogP contribution in [0.2, 0.25) is 0 Å². The Labute approximate surface area is 136 Å². The van der Waals surface area contributed by atoms with Crippen molar-refractivity contribution < 1.29 is 9.69 Å². The van der Waals surface area contributed by atoms with Crippen LogP contribution >= 0.6 is 11.3 Å². The van der Waals surface area contributed by atoms with E-state index in [-0.39, 0.29) is 18.0 Å². The van der Waals surface area contributed by atoms with Crippen LogP contribution in [0.5, 0.6) is 0 Å². The Morgan fingerprint density at radius 1 is 1.32 bits per heavy atom. The molecule has 0 fully saturated rings. The van der Waals surface area contributed by atoms with E-state index < -0.39 is 0 Å². The molecular weight excluding hydrogens is 294 g/mol. The first kappa shape index (κ1) is 16.9. The Balaban J connectivity index is 1.99. The first-order valence-electron chi connectivity index (χ1n) is 8.02. The summed E-state index contributed by atoms with van der Waals surface area (Å²) in [5.41, 5.74) is 1.05. The van der Waals surface area contributed by atoms with Crippen LogP contribution in [0.15, 0.2) is 24.3 Å². The Kier molecular flexibility index (Phi) is 5.91. The normalized spacial score (nSPS) is 14.2. The van der Waals surface area contributed by atoms with Crippen molar-refractivity contribution in [3.63, 3.8) is 0 Å². The monoisotopic (exact) mass is 320 g/mol. The molecule has 1 aromatic carbocycles. The van der Waals surface area contributed by atoms with E-state index >= 15 is 0 Å². The quantitative estimate of drug-likeness (QED) is 0.821. The average molecular weight is 320 g/mol. The first-order valence-corrected chi connectivity index (χ1v) is 8.83. The van der Waals surface area contributed by atoms with E-state index in [9.17, 15) is 4.79 Å². The van der Waals surface area contributed by atoms with Gasteiger partial charge in [-0.3, -0.25) is 4.79 Å². The maximum Gasteiger partial charge on any atom is 0.275 e. The minimum atomic E-state index is 0.124. The van der Waals surface area contributed by atoms with Crippen LogP contribution in [0.3, 0.4) is 0 Å². The fraction of sp³-hybridized carbons (Fsp3) is 0.529. The lowest BCUT2D eigenvalue weighted by Gasteiger charge is -2.21. The number of fused-ring (bicyclic) bond motifs is 1. The molecule has 1 amide bonds. The van der Waals surface area contributed by atoms with Gasteiger partial charge in [0.25, 0.3) is 5.91 Å². The summed E-state index contributed by atoms with van der Waals surface area (Å²) in [5, 5.41) is 4.20. The van der Waals surface area contributed by atoms with E-state index in [0.717, 1.165) is 23.4 Å². The zero-order valence-corrected chi connectivity index (χ0v) is 14.7. The minimum Gasteiger partial charge on any atom is -0.349 e. The highest BCUT2D eigenvalue weighted by Gasteiger charge is 2.22. The number of thiazole rings is 1. The number of quaternary nitrogens is 1. The number of nitrogens with zero attached hydrogens (tertiary/aromatic N) is 1. The van der Waals surface area contributed by atoms with Crippen LogP contribution in [-0.4, -0.2) is 30.5 Å². The molecular formula is C17H26N3OS+. The van der Waals surface area contributed by atoms with Gasteiger partial charge in [-0.2, -0.15) is 0 Å². The van der Waals surface area contributed by atoms with Crippen molar-refractivity contribution in [1.29, 1.82) is 0 Å². The molecule has 5 heteroatoms. The number of para-hydroxylation sites is 1. The van der Waals surface area contributed by atoms with E-state index in [2.05, 4.69) is 39.2 Å². The summed E-state index contributed by atoms with van der Waals surface area (Å²) in [5.74, 6) is 0.124. The largest absolute Gasteiger partial charge is 0.349 e. The number of nitrogens with one attached hydrogen (secondary N) is 2. The summed E-state index contributed by atoms with van der Waals surface area (Å²) in [4.78, 5) is 18.0. The van der Waals surface area contributed by atoms with Crippen molar-refractivity contribution in [1.82, 2.24) is 10.3 Å². The van der Waals surface area contributed by atoms with E-state index in [1.807, 2.05) is 18.2 Å². The van der Waals surface area contributed by atoms with E-state index in [1.165, 1.54) is 9.60 Å². The van der Waals surface area contributed by atoms with Crippen molar-refractivity contribution in [2.45, 2.75) is 45.7 Å². The van der Waals surface area contributed by atoms with Gasteiger partial charge >= 0.3 is 0 Å². The topological polar surface area (TPSA) is 46.4 Å². The lowest BCUT2D eigenvalue weighted by atomic mass is 10.2. The highest BCUT2D eigenvalue weighted by atomic mass is 32.1. The average Bonchev–Trinajstić information content (AvgIpc) is 2.95. The Hall–Kier alpha value is -1.46. The Bertz CT molecular complexity index is 588. The fourth-order valence-electron chi connectivity index (χ4n) is 2.46. The molecule has 1 heterocycles. The van der Waals surface area contributed by atoms with E-state index in [1.54, 1.807) is 11.3 Å². The summed E-state index contributed by atoms with van der Waals surface area (Å²) in [6.45, 7) is 6.83. The third kappa shape index (κ3) is 4.05. The number of amides is 1. The highest BCUT2D eigenvalue weighted by molar-refractivity contribution is 7.18. The van der Waals surface area contributed by atoms with E-state index in [0.29, 0.717) is 6.54 Å². The highest BCUT2D eigenvalue weighted by Crippen LogP contribution is 2.24. The van der Waals surface area contributed by atoms with Gasteiger partial charge in [0, 0.05) is 6.04 Å². The summed E-state index contributed by atoms with van der Waals surface area (Å²) >= 11 is 1.72. The lowest BCUT2D eigenvalue weighted by molar-refractivity contribution is -0.902. The van der Waals surface area contributed by atoms with Gasteiger partial charge in [-0.15, -0.1) is 11.3 Å². The Morgan fingerprint density at radius 2 is 2.00 bits per heavy atom. The zero-order valence-electron chi connectivity index (χ0n) is 13.8. The molecule has 120 valence electrons. The maximum atomic E-state index is 12.1. The molecule has 2 aromatic rings. The SMILES string of the molecule is CCC(CC)NC(=O)C[NH+](C)[C@@H](C)c1nc2ccccc2s1.